The summed E-state index contributed by atoms with van der Waals surface area (Å²) in [6.45, 7) is 3.62. The van der Waals surface area contributed by atoms with Crippen molar-refractivity contribution in [2.45, 2.75) is 12.5 Å². The van der Waals surface area contributed by atoms with Crippen molar-refractivity contribution >= 4 is 15.9 Å². The van der Waals surface area contributed by atoms with Gasteiger partial charge >= 0.3 is 0 Å². The Labute approximate surface area is 64.2 Å². The first kappa shape index (κ1) is 8.98. The van der Waals surface area contributed by atoms with Crippen molar-refractivity contribution in [3.05, 3.63) is 12.3 Å². The van der Waals surface area contributed by atoms with Gasteiger partial charge in [-0.05, 0) is 6.42 Å². The Hall–Kier alpha value is -0.0200. The van der Waals surface area contributed by atoms with Gasteiger partial charge in [-0.25, -0.2) is 0 Å². The van der Waals surface area contributed by atoms with Crippen LogP contribution in [0.2, 0.25) is 0 Å². The summed E-state index contributed by atoms with van der Waals surface area (Å²) >= 11 is 3.27. The molecule has 0 saturated carbocycles. The van der Waals surface area contributed by atoms with E-state index >= 15 is 0 Å². The summed E-state index contributed by atoms with van der Waals surface area (Å²) in [6, 6.07) is -0.0330. The predicted molar refractivity (Wildman–Crippen MR) is 42.5 cm³/mol. The summed E-state index contributed by atoms with van der Waals surface area (Å²) in [5.74, 6) is 0.648. The quantitative estimate of drug-likeness (QED) is 0.540. The summed E-state index contributed by atoms with van der Waals surface area (Å²) in [6.07, 6.45) is 0.868. The van der Waals surface area contributed by atoms with Crippen molar-refractivity contribution in [3.63, 3.8) is 0 Å². The predicted octanol–water partition coefficient (Wildman–Crippen LogP) is 1.26. The average molecular weight is 194 g/mol. The van der Waals surface area contributed by atoms with Crippen LogP contribution < -0.4 is 5.73 Å². The van der Waals surface area contributed by atoms with Crippen LogP contribution in [-0.2, 0) is 4.74 Å². The Morgan fingerprint density at radius 1 is 1.89 bits per heavy atom. The minimum absolute atomic E-state index is 0.0330. The fourth-order valence-electron chi connectivity index (χ4n) is 0.430. The molecule has 2 N–H and O–H groups in total. The van der Waals surface area contributed by atoms with Gasteiger partial charge in [-0.15, -0.1) is 0 Å². The van der Waals surface area contributed by atoms with Crippen molar-refractivity contribution in [3.8, 4) is 0 Å². The van der Waals surface area contributed by atoms with Gasteiger partial charge in [0.15, 0.2) is 0 Å². The summed E-state index contributed by atoms with van der Waals surface area (Å²) in [4.78, 5) is 0. The molecule has 0 aromatic rings. The molecular weight excluding hydrogens is 182 g/mol. The third-order valence-corrected chi connectivity index (χ3v) is 1.55. The van der Waals surface area contributed by atoms with E-state index in [1.807, 2.05) is 0 Å². The van der Waals surface area contributed by atoms with E-state index in [1.54, 1.807) is 7.11 Å². The Kier molecular flexibility index (Phi) is 4.81. The molecule has 0 radical (unpaired) electrons. The van der Waals surface area contributed by atoms with Crippen LogP contribution in [0.5, 0.6) is 0 Å². The van der Waals surface area contributed by atoms with Crippen LogP contribution >= 0.6 is 15.9 Å². The van der Waals surface area contributed by atoms with Crippen molar-refractivity contribution in [1.82, 2.24) is 0 Å². The molecule has 0 aromatic heterocycles. The zero-order chi connectivity index (χ0) is 7.28. The highest BCUT2D eigenvalue weighted by molar-refractivity contribution is 9.09. The maximum absolute atomic E-state index is 5.58. The summed E-state index contributed by atoms with van der Waals surface area (Å²) in [7, 11) is 1.58. The molecule has 0 amide bonds. The zero-order valence-electron chi connectivity index (χ0n) is 5.56. The lowest BCUT2D eigenvalue weighted by atomic mass is 10.2. The number of hydrogen-bond donors (Lipinski definition) is 1. The molecule has 1 atom stereocenters. The fraction of sp³-hybridized carbons (Fsp3) is 0.667. The SMILES string of the molecule is C=C(OC)C(N)CCBr. The maximum atomic E-state index is 5.58. The third-order valence-electron chi connectivity index (χ3n) is 1.10. The Bertz CT molecular complexity index is 95.1. The number of rotatable bonds is 4. The van der Waals surface area contributed by atoms with E-state index < -0.39 is 0 Å². The Balaban J connectivity index is 3.45. The third kappa shape index (κ3) is 3.54. The second kappa shape index (κ2) is 4.82. The molecular formula is C6H12BrNO. The topological polar surface area (TPSA) is 35.2 Å². The van der Waals surface area contributed by atoms with Crippen molar-refractivity contribution in [1.29, 1.82) is 0 Å². The van der Waals surface area contributed by atoms with E-state index in [1.165, 1.54) is 0 Å². The number of methoxy groups -OCH3 is 1. The van der Waals surface area contributed by atoms with Crippen LogP contribution in [0.4, 0.5) is 0 Å². The first-order chi connectivity index (χ1) is 4.22. The minimum atomic E-state index is -0.0330. The molecule has 0 aliphatic heterocycles. The molecule has 0 fully saturated rings. The Morgan fingerprint density at radius 2 is 2.44 bits per heavy atom. The smallest absolute Gasteiger partial charge is 0.105 e. The molecule has 0 saturated heterocycles. The number of nitrogens with two attached hydrogens (primary N) is 1. The summed E-state index contributed by atoms with van der Waals surface area (Å²) in [5.41, 5.74) is 5.58. The molecule has 54 valence electrons. The molecule has 2 nitrogen and oxygen atoms in total. The van der Waals surface area contributed by atoms with Crippen LogP contribution in [0.3, 0.4) is 0 Å². The molecule has 0 aliphatic rings. The first-order valence-electron chi connectivity index (χ1n) is 2.76. The molecule has 0 spiro atoms. The molecule has 0 rings (SSSR count). The van der Waals surface area contributed by atoms with Crippen LogP contribution in [0.15, 0.2) is 12.3 Å². The average Bonchev–Trinajstić information content (AvgIpc) is 1.87. The van der Waals surface area contributed by atoms with Gasteiger partial charge in [0.1, 0.15) is 5.76 Å². The molecule has 0 bridgehead atoms. The van der Waals surface area contributed by atoms with Gasteiger partial charge in [-0.1, -0.05) is 22.5 Å². The van der Waals surface area contributed by atoms with Gasteiger partial charge in [0.05, 0.1) is 13.2 Å². The number of alkyl halides is 1. The van der Waals surface area contributed by atoms with Gasteiger partial charge in [-0.2, -0.15) is 0 Å². The van der Waals surface area contributed by atoms with Crippen molar-refractivity contribution in [2.24, 2.45) is 5.73 Å². The Morgan fingerprint density at radius 3 is 2.78 bits per heavy atom. The van der Waals surface area contributed by atoms with E-state index in [9.17, 15) is 0 Å². The van der Waals surface area contributed by atoms with E-state index in [0.717, 1.165) is 11.8 Å². The lowest BCUT2D eigenvalue weighted by Gasteiger charge is -2.10. The van der Waals surface area contributed by atoms with Crippen LogP contribution in [-0.4, -0.2) is 18.5 Å². The van der Waals surface area contributed by atoms with Crippen LogP contribution in [0.25, 0.3) is 0 Å². The lowest BCUT2D eigenvalue weighted by Crippen LogP contribution is -2.23. The second-order valence-electron chi connectivity index (χ2n) is 1.75. The number of ether oxygens (including phenoxy) is 1. The van der Waals surface area contributed by atoms with Crippen molar-refractivity contribution < 1.29 is 4.74 Å². The molecule has 9 heavy (non-hydrogen) atoms. The molecule has 3 heteroatoms. The normalized spacial score (nSPS) is 12.8. The zero-order valence-corrected chi connectivity index (χ0v) is 7.15. The molecule has 0 aliphatic carbocycles. The minimum Gasteiger partial charge on any atom is -0.500 e. The van der Waals surface area contributed by atoms with Crippen LogP contribution in [0.1, 0.15) is 6.42 Å². The summed E-state index contributed by atoms with van der Waals surface area (Å²) in [5, 5.41) is 0.885. The molecule has 0 heterocycles. The van der Waals surface area contributed by atoms with E-state index in [0.29, 0.717) is 5.76 Å². The molecule has 1 unspecified atom stereocenters. The monoisotopic (exact) mass is 193 g/mol. The standard InChI is InChI=1S/C6H12BrNO/c1-5(9-2)6(8)3-4-7/h6H,1,3-4,8H2,2H3. The first-order valence-corrected chi connectivity index (χ1v) is 3.88. The van der Waals surface area contributed by atoms with E-state index in [-0.39, 0.29) is 6.04 Å². The van der Waals surface area contributed by atoms with Crippen LogP contribution in [0, 0.1) is 0 Å². The van der Waals surface area contributed by atoms with Gasteiger partial charge in [0.25, 0.3) is 0 Å². The highest BCUT2D eigenvalue weighted by Crippen LogP contribution is 2.02. The van der Waals surface area contributed by atoms with Gasteiger partial charge < -0.3 is 10.5 Å². The van der Waals surface area contributed by atoms with Crippen molar-refractivity contribution in [2.75, 3.05) is 12.4 Å². The summed E-state index contributed by atoms with van der Waals surface area (Å²) < 4.78 is 4.82. The number of hydrogen-bond acceptors (Lipinski definition) is 2. The second-order valence-corrected chi connectivity index (χ2v) is 2.55. The fourth-order valence-corrected chi connectivity index (χ4v) is 0.923. The number of halogens is 1. The van der Waals surface area contributed by atoms with E-state index in [2.05, 4.69) is 22.5 Å². The van der Waals surface area contributed by atoms with E-state index in [4.69, 9.17) is 10.5 Å². The van der Waals surface area contributed by atoms with Gasteiger partial charge in [-0.3, -0.25) is 0 Å². The highest BCUT2D eigenvalue weighted by Gasteiger charge is 2.04. The lowest BCUT2D eigenvalue weighted by molar-refractivity contribution is 0.265. The van der Waals surface area contributed by atoms with Gasteiger partial charge in [0.2, 0.25) is 0 Å². The maximum Gasteiger partial charge on any atom is 0.105 e. The molecule has 0 aromatic carbocycles. The largest absolute Gasteiger partial charge is 0.500 e. The highest BCUT2D eigenvalue weighted by atomic mass is 79.9. The van der Waals surface area contributed by atoms with Gasteiger partial charge in [0, 0.05) is 5.33 Å².